The lowest BCUT2D eigenvalue weighted by atomic mass is 10.1. The maximum absolute atomic E-state index is 12.8. The SMILES string of the molecule is CCOc1ccccc1OCCCC(=O)OCC(=O)N1c2ccccc2NC(=O)CC1C. The van der Waals surface area contributed by atoms with Crippen LogP contribution in [0, 0.1) is 0 Å². The number of hydrogen-bond acceptors (Lipinski definition) is 6. The molecule has 1 unspecified atom stereocenters. The minimum absolute atomic E-state index is 0.121. The van der Waals surface area contributed by atoms with Gasteiger partial charge in [0, 0.05) is 18.9 Å². The van der Waals surface area contributed by atoms with Gasteiger partial charge >= 0.3 is 5.97 Å². The van der Waals surface area contributed by atoms with Crippen molar-refractivity contribution in [2.75, 3.05) is 30.0 Å². The van der Waals surface area contributed by atoms with Crippen molar-refractivity contribution < 1.29 is 28.6 Å². The number of amides is 2. The summed E-state index contributed by atoms with van der Waals surface area (Å²) in [6.07, 6.45) is 0.722. The van der Waals surface area contributed by atoms with Gasteiger partial charge in [-0.1, -0.05) is 24.3 Å². The minimum atomic E-state index is -0.481. The van der Waals surface area contributed by atoms with Crippen LogP contribution in [0.2, 0.25) is 0 Å². The molecule has 8 nitrogen and oxygen atoms in total. The highest BCUT2D eigenvalue weighted by Gasteiger charge is 2.30. The third-order valence-electron chi connectivity index (χ3n) is 4.92. The molecule has 0 radical (unpaired) electrons. The van der Waals surface area contributed by atoms with Crippen molar-refractivity contribution in [3.8, 4) is 11.5 Å². The molecule has 32 heavy (non-hydrogen) atoms. The molecule has 8 heteroatoms. The summed E-state index contributed by atoms with van der Waals surface area (Å²) in [4.78, 5) is 38.5. The van der Waals surface area contributed by atoms with Crippen LogP contribution in [0.5, 0.6) is 11.5 Å². The Bertz CT molecular complexity index is 961. The summed E-state index contributed by atoms with van der Waals surface area (Å²) >= 11 is 0. The van der Waals surface area contributed by atoms with Gasteiger partial charge in [-0.15, -0.1) is 0 Å². The molecule has 2 amide bonds. The molecule has 1 heterocycles. The zero-order chi connectivity index (χ0) is 22.9. The number of esters is 1. The van der Waals surface area contributed by atoms with E-state index in [1.165, 1.54) is 4.90 Å². The maximum atomic E-state index is 12.8. The zero-order valence-corrected chi connectivity index (χ0v) is 18.3. The van der Waals surface area contributed by atoms with E-state index in [1.54, 1.807) is 31.2 Å². The summed E-state index contributed by atoms with van der Waals surface area (Å²) in [5, 5.41) is 2.80. The summed E-state index contributed by atoms with van der Waals surface area (Å²) in [5.41, 5.74) is 1.15. The largest absolute Gasteiger partial charge is 0.490 e. The van der Waals surface area contributed by atoms with Crippen molar-refractivity contribution in [3.63, 3.8) is 0 Å². The molecule has 2 aromatic rings. The average molecular weight is 440 g/mol. The number of fused-ring (bicyclic) bond motifs is 1. The van der Waals surface area contributed by atoms with Crippen LogP contribution >= 0.6 is 0 Å². The first-order valence-corrected chi connectivity index (χ1v) is 10.7. The predicted octanol–water partition coefficient (Wildman–Crippen LogP) is 3.55. The lowest BCUT2D eigenvalue weighted by molar-refractivity contribution is -0.148. The standard InChI is InChI=1S/C24H28N2O6/c1-3-30-20-11-6-7-12-21(20)31-14-8-13-24(29)32-16-23(28)26-17(2)15-22(27)25-18-9-4-5-10-19(18)26/h4-7,9-12,17H,3,8,13-16H2,1-2H3,(H,25,27). The van der Waals surface area contributed by atoms with Crippen LogP contribution in [0.3, 0.4) is 0 Å². The highest BCUT2D eigenvalue weighted by Crippen LogP contribution is 2.31. The van der Waals surface area contributed by atoms with Gasteiger partial charge in [0.05, 0.1) is 24.6 Å². The number of carbonyl (C=O) groups excluding carboxylic acids is 3. The van der Waals surface area contributed by atoms with Gasteiger partial charge in [-0.2, -0.15) is 0 Å². The number of para-hydroxylation sites is 4. The number of hydrogen-bond donors (Lipinski definition) is 1. The Kier molecular flexibility index (Phi) is 8.08. The first-order valence-electron chi connectivity index (χ1n) is 10.7. The van der Waals surface area contributed by atoms with E-state index in [-0.39, 0.29) is 37.3 Å². The first-order chi connectivity index (χ1) is 15.5. The molecule has 170 valence electrons. The molecule has 0 aromatic heterocycles. The Labute approximate surface area is 187 Å². The summed E-state index contributed by atoms with van der Waals surface area (Å²) in [6, 6.07) is 14.1. The fraction of sp³-hybridized carbons (Fsp3) is 0.375. The Hall–Kier alpha value is -3.55. The van der Waals surface area contributed by atoms with E-state index in [0.717, 1.165) is 0 Å². The minimum Gasteiger partial charge on any atom is -0.490 e. The van der Waals surface area contributed by atoms with E-state index in [0.29, 0.717) is 42.5 Å². The van der Waals surface area contributed by atoms with Crippen molar-refractivity contribution in [3.05, 3.63) is 48.5 Å². The van der Waals surface area contributed by atoms with Gasteiger partial charge in [-0.05, 0) is 44.5 Å². The van der Waals surface area contributed by atoms with Crippen molar-refractivity contribution in [1.29, 1.82) is 0 Å². The number of nitrogens with zero attached hydrogens (tertiary/aromatic N) is 1. The number of nitrogens with one attached hydrogen (secondary N) is 1. The molecule has 1 atom stereocenters. The molecular weight excluding hydrogens is 412 g/mol. The van der Waals surface area contributed by atoms with Crippen molar-refractivity contribution >= 4 is 29.2 Å². The molecule has 1 aliphatic heterocycles. The molecule has 1 aliphatic rings. The van der Waals surface area contributed by atoms with E-state index in [2.05, 4.69) is 5.32 Å². The van der Waals surface area contributed by atoms with Crippen molar-refractivity contribution in [1.82, 2.24) is 0 Å². The summed E-state index contributed by atoms with van der Waals surface area (Å²) in [6.45, 7) is 4.15. The van der Waals surface area contributed by atoms with Crippen LogP contribution in [0.25, 0.3) is 0 Å². The normalized spacial score (nSPS) is 15.2. The molecule has 0 bridgehead atoms. The van der Waals surface area contributed by atoms with Crippen LogP contribution in [-0.2, 0) is 19.1 Å². The average Bonchev–Trinajstić information content (AvgIpc) is 2.90. The predicted molar refractivity (Wildman–Crippen MR) is 120 cm³/mol. The lowest BCUT2D eigenvalue weighted by Crippen LogP contribution is -2.41. The van der Waals surface area contributed by atoms with Crippen molar-refractivity contribution in [2.45, 2.75) is 39.2 Å². The molecule has 0 saturated heterocycles. The quantitative estimate of drug-likeness (QED) is 0.473. The van der Waals surface area contributed by atoms with Gasteiger partial charge in [-0.3, -0.25) is 14.4 Å². The molecule has 1 N–H and O–H groups in total. The van der Waals surface area contributed by atoms with E-state index in [9.17, 15) is 14.4 Å². The molecule has 2 aromatic carbocycles. The van der Waals surface area contributed by atoms with Gasteiger partial charge in [0.2, 0.25) is 5.91 Å². The number of rotatable bonds is 9. The second kappa shape index (κ2) is 11.2. The first kappa shape index (κ1) is 23.1. The number of benzene rings is 2. The van der Waals surface area contributed by atoms with E-state index < -0.39 is 5.97 Å². The fourth-order valence-corrected chi connectivity index (χ4v) is 3.49. The number of ether oxygens (including phenoxy) is 3. The van der Waals surface area contributed by atoms with E-state index in [1.807, 2.05) is 31.2 Å². The highest BCUT2D eigenvalue weighted by atomic mass is 16.5. The second-order valence-electron chi connectivity index (χ2n) is 7.37. The Morgan fingerprint density at radius 1 is 1.06 bits per heavy atom. The van der Waals surface area contributed by atoms with E-state index in [4.69, 9.17) is 14.2 Å². The monoisotopic (exact) mass is 440 g/mol. The molecule has 0 fully saturated rings. The van der Waals surface area contributed by atoms with Crippen LogP contribution < -0.4 is 19.7 Å². The Morgan fingerprint density at radius 3 is 2.50 bits per heavy atom. The summed E-state index contributed by atoms with van der Waals surface area (Å²) in [7, 11) is 0. The molecular formula is C24H28N2O6. The van der Waals surface area contributed by atoms with Crippen LogP contribution in [-0.4, -0.2) is 43.6 Å². The second-order valence-corrected chi connectivity index (χ2v) is 7.37. The van der Waals surface area contributed by atoms with Gasteiger partial charge in [0.1, 0.15) is 0 Å². The van der Waals surface area contributed by atoms with E-state index >= 15 is 0 Å². The summed E-state index contributed by atoms with van der Waals surface area (Å²) in [5.74, 6) is 0.253. The highest BCUT2D eigenvalue weighted by molar-refractivity contribution is 6.05. The molecule has 0 aliphatic carbocycles. The van der Waals surface area contributed by atoms with Gasteiger partial charge < -0.3 is 24.4 Å². The zero-order valence-electron chi connectivity index (χ0n) is 18.3. The molecule has 3 rings (SSSR count). The topological polar surface area (TPSA) is 94.2 Å². The molecule has 0 spiro atoms. The van der Waals surface area contributed by atoms with Crippen LogP contribution in [0.1, 0.15) is 33.1 Å². The number of anilines is 2. The third-order valence-corrected chi connectivity index (χ3v) is 4.92. The maximum Gasteiger partial charge on any atom is 0.306 e. The number of carbonyl (C=O) groups is 3. The van der Waals surface area contributed by atoms with Gasteiger partial charge in [-0.25, -0.2) is 0 Å². The Balaban J connectivity index is 1.48. The van der Waals surface area contributed by atoms with Crippen LogP contribution in [0.4, 0.5) is 11.4 Å². The Morgan fingerprint density at radius 2 is 1.75 bits per heavy atom. The smallest absolute Gasteiger partial charge is 0.306 e. The van der Waals surface area contributed by atoms with Crippen molar-refractivity contribution in [2.24, 2.45) is 0 Å². The third kappa shape index (κ3) is 6.00. The molecule has 0 saturated carbocycles. The van der Waals surface area contributed by atoms with Gasteiger partial charge in [0.25, 0.3) is 5.91 Å². The fourth-order valence-electron chi connectivity index (χ4n) is 3.49. The lowest BCUT2D eigenvalue weighted by Gasteiger charge is -2.27. The van der Waals surface area contributed by atoms with Gasteiger partial charge in [0.15, 0.2) is 18.1 Å². The van der Waals surface area contributed by atoms with Crippen LogP contribution in [0.15, 0.2) is 48.5 Å². The summed E-state index contributed by atoms with van der Waals surface area (Å²) < 4.78 is 16.4.